The molecule has 300 valence electrons. The molecule has 0 aliphatic carbocycles. The van der Waals surface area contributed by atoms with Gasteiger partial charge in [0.05, 0.1) is 30.8 Å². The number of aliphatic carboxylic acids is 4. The van der Waals surface area contributed by atoms with Gasteiger partial charge in [0.25, 0.3) is 0 Å². The number of thiophene rings is 2. The van der Waals surface area contributed by atoms with Crippen LogP contribution in [0.3, 0.4) is 0 Å². The lowest BCUT2D eigenvalue weighted by Crippen LogP contribution is -2.21. The molecule has 8 N–H and O–H groups in total. The van der Waals surface area contributed by atoms with E-state index in [1.54, 1.807) is 54.4 Å². The fraction of sp³-hybridized carbons (Fsp3) is 0.436. The van der Waals surface area contributed by atoms with Crippen LogP contribution in [0, 0.1) is 23.7 Å². The molecule has 0 aromatic carbocycles. The monoisotopic (exact) mass is 808 g/mol. The van der Waals surface area contributed by atoms with Gasteiger partial charge in [0, 0.05) is 106 Å². The molecule has 4 aliphatic rings. The van der Waals surface area contributed by atoms with Crippen LogP contribution in [-0.4, -0.2) is 114 Å². The van der Waals surface area contributed by atoms with Crippen molar-refractivity contribution in [2.24, 2.45) is 23.7 Å². The molecular formula is C39H48N6O9S2. The van der Waals surface area contributed by atoms with Crippen molar-refractivity contribution >= 4 is 46.6 Å². The fourth-order valence-electron chi connectivity index (χ4n) is 7.43. The van der Waals surface area contributed by atoms with E-state index in [0.717, 1.165) is 36.3 Å². The first kappa shape index (κ1) is 42.4. The van der Waals surface area contributed by atoms with Gasteiger partial charge in [0.1, 0.15) is 0 Å². The van der Waals surface area contributed by atoms with Gasteiger partial charge in [-0.3, -0.25) is 24.2 Å². The SMILES string of the molecule is COc1ccc(C2CNCC2C(=O)O)cn1.O=C(O)C1CNCC1c1cccs1.O=C(O)C1CNCC1c1ccncc1.O=C(O)C1CNCC1c1ccsc1. The first-order valence-corrected chi connectivity index (χ1v) is 20.1. The predicted octanol–water partition coefficient (Wildman–Crippen LogP) is 3.22. The molecule has 4 fully saturated rings. The Bertz CT molecular complexity index is 1770. The summed E-state index contributed by atoms with van der Waals surface area (Å²) in [6, 6.07) is 13.4. The maximum absolute atomic E-state index is 11.0. The van der Waals surface area contributed by atoms with E-state index in [4.69, 9.17) is 25.2 Å². The van der Waals surface area contributed by atoms with Crippen LogP contribution in [0.4, 0.5) is 0 Å². The normalized spacial score (nSPS) is 26.4. The van der Waals surface area contributed by atoms with Crippen LogP contribution in [-0.2, 0) is 19.2 Å². The largest absolute Gasteiger partial charge is 0.481 e. The van der Waals surface area contributed by atoms with E-state index in [0.29, 0.717) is 38.6 Å². The maximum Gasteiger partial charge on any atom is 0.308 e. The Morgan fingerprint density at radius 3 is 1.54 bits per heavy atom. The van der Waals surface area contributed by atoms with E-state index in [9.17, 15) is 19.2 Å². The molecule has 0 spiro atoms. The van der Waals surface area contributed by atoms with Gasteiger partial charge in [0.2, 0.25) is 5.88 Å². The maximum atomic E-state index is 11.0. The minimum absolute atomic E-state index is 0.00379. The quantitative estimate of drug-likeness (QED) is 0.121. The number of aromatic nitrogens is 2. The highest BCUT2D eigenvalue weighted by Crippen LogP contribution is 2.32. The van der Waals surface area contributed by atoms with Gasteiger partial charge in [-0.1, -0.05) is 12.1 Å². The lowest BCUT2D eigenvalue weighted by Gasteiger charge is -2.14. The molecule has 8 rings (SSSR count). The van der Waals surface area contributed by atoms with Crippen molar-refractivity contribution in [2.75, 3.05) is 59.5 Å². The predicted molar refractivity (Wildman–Crippen MR) is 211 cm³/mol. The third-order valence-electron chi connectivity index (χ3n) is 10.5. The Morgan fingerprint density at radius 1 is 0.607 bits per heavy atom. The van der Waals surface area contributed by atoms with E-state index in [-0.39, 0.29) is 47.3 Å². The summed E-state index contributed by atoms with van der Waals surface area (Å²) in [6.07, 6.45) is 5.09. The topological polar surface area (TPSA) is 232 Å². The summed E-state index contributed by atoms with van der Waals surface area (Å²) in [5.74, 6) is -3.11. The third-order valence-corrected chi connectivity index (χ3v) is 12.2. The number of carboxylic acid groups (broad SMARTS) is 4. The van der Waals surface area contributed by atoms with Crippen molar-refractivity contribution in [1.82, 2.24) is 31.2 Å². The van der Waals surface area contributed by atoms with Crippen LogP contribution >= 0.6 is 22.7 Å². The summed E-state index contributed by atoms with van der Waals surface area (Å²) in [5.41, 5.74) is 3.15. The first-order chi connectivity index (χ1) is 27.1. The summed E-state index contributed by atoms with van der Waals surface area (Å²) >= 11 is 3.26. The van der Waals surface area contributed by atoms with Crippen molar-refractivity contribution < 1.29 is 44.3 Å². The van der Waals surface area contributed by atoms with Crippen LogP contribution in [0.1, 0.15) is 45.2 Å². The first-order valence-electron chi connectivity index (χ1n) is 18.3. The van der Waals surface area contributed by atoms with Gasteiger partial charge >= 0.3 is 23.9 Å². The van der Waals surface area contributed by atoms with Crippen LogP contribution in [0.15, 0.2) is 77.2 Å². The van der Waals surface area contributed by atoms with E-state index < -0.39 is 23.9 Å². The molecule has 8 heterocycles. The number of hydrogen-bond donors (Lipinski definition) is 8. The fourth-order valence-corrected chi connectivity index (χ4v) is 9.05. The third kappa shape index (κ3) is 11.2. The van der Waals surface area contributed by atoms with E-state index >= 15 is 0 Å². The molecule has 0 bridgehead atoms. The highest BCUT2D eigenvalue weighted by Gasteiger charge is 2.36. The van der Waals surface area contributed by atoms with Crippen molar-refractivity contribution in [2.45, 2.75) is 23.7 Å². The zero-order chi connectivity index (χ0) is 40.0. The summed E-state index contributed by atoms with van der Waals surface area (Å²) in [6.45, 7) is 5.26. The molecule has 4 aromatic heterocycles. The number of methoxy groups -OCH3 is 1. The second-order valence-electron chi connectivity index (χ2n) is 13.8. The molecule has 0 radical (unpaired) electrons. The van der Waals surface area contributed by atoms with Gasteiger partial charge in [-0.15, -0.1) is 11.3 Å². The molecule has 8 unspecified atom stereocenters. The summed E-state index contributed by atoms with van der Waals surface area (Å²) in [5, 5.41) is 54.4. The van der Waals surface area contributed by atoms with Crippen LogP contribution in [0.2, 0.25) is 0 Å². The van der Waals surface area contributed by atoms with Crippen molar-refractivity contribution in [1.29, 1.82) is 0 Å². The smallest absolute Gasteiger partial charge is 0.308 e. The Kier molecular flexibility index (Phi) is 15.8. The Balaban J connectivity index is 0.000000143. The van der Waals surface area contributed by atoms with Crippen molar-refractivity contribution in [3.05, 3.63) is 98.8 Å². The molecule has 15 nitrogen and oxygen atoms in total. The minimum Gasteiger partial charge on any atom is -0.481 e. The molecule has 0 amide bonds. The second-order valence-corrected chi connectivity index (χ2v) is 15.6. The number of nitrogens with zero attached hydrogens (tertiary/aromatic N) is 2. The van der Waals surface area contributed by atoms with Crippen LogP contribution in [0.25, 0.3) is 0 Å². The molecule has 4 aromatic rings. The number of rotatable bonds is 9. The number of nitrogens with one attached hydrogen (secondary N) is 4. The Labute approximate surface area is 332 Å². The van der Waals surface area contributed by atoms with Gasteiger partial charge < -0.3 is 46.4 Å². The molecule has 17 heteroatoms. The molecule has 8 atom stereocenters. The van der Waals surface area contributed by atoms with E-state index in [1.807, 2.05) is 52.5 Å². The summed E-state index contributed by atoms with van der Waals surface area (Å²) < 4.78 is 4.96. The highest BCUT2D eigenvalue weighted by molar-refractivity contribution is 7.10. The summed E-state index contributed by atoms with van der Waals surface area (Å²) in [4.78, 5) is 52.9. The zero-order valence-electron chi connectivity index (χ0n) is 30.8. The van der Waals surface area contributed by atoms with Crippen molar-refractivity contribution in [3.63, 3.8) is 0 Å². The molecular weight excluding hydrogens is 761 g/mol. The number of carbonyl (C=O) groups is 4. The number of pyridine rings is 2. The molecule has 0 saturated carbocycles. The van der Waals surface area contributed by atoms with Crippen LogP contribution in [0.5, 0.6) is 5.88 Å². The van der Waals surface area contributed by atoms with Crippen LogP contribution < -0.4 is 26.0 Å². The van der Waals surface area contributed by atoms with Gasteiger partial charge in [-0.2, -0.15) is 11.3 Å². The number of hydrogen-bond acceptors (Lipinski definition) is 13. The number of ether oxygens (including phenoxy) is 1. The lowest BCUT2D eigenvalue weighted by atomic mass is 9.90. The van der Waals surface area contributed by atoms with Gasteiger partial charge in [-0.05, 0) is 57.1 Å². The molecule has 4 aliphatic heterocycles. The second kappa shape index (κ2) is 20.9. The van der Waals surface area contributed by atoms with Gasteiger partial charge in [0.15, 0.2) is 0 Å². The van der Waals surface area contributed by atoms with Gasteiger partial charge in [-0.25, -0.2) is 4.98 Å². The Morgan fingerprint density at radius 2 is 1.11 bits per heavy atom. The zero-order valence-corrected chi connectivity index (χ0v) is 32.5. The highest BCUT2D eigenvalue weighted by atomic mass is 32.1. The average molecular weight is 809 g/mol. The average Bonchev–Trinajstić information content (AvgIpc) is 4.06. The Hall–Kier alpha value is -4.78. The standard InChI is InChI=1S/C11H14N2O3.C10H12N2O2.2C9H11NO2S/c1-16-10-3-2-7(4-13-10)8-5-12-6-9(8)11(14)15;13-10(14)9-6-12-5-8(9)7-1-3-11-4-2-7;11-9(12)8-4-10-3-7(8)6-1-2-13-5-6;11-9(12)7-5-10-4-6(7)8-2-1-3-13-8/h2-4,8-9,12H,5-6H2,1H3,(H,14,15);1-4,8-9,12H,5-6H2,(H,13,14);1-2,5,7-8,10H,3-4H2,(H,11,12);1-3,6-7,10H,4-5H2,(H,11,12). The molecule has 56 heavy (non-hydrogen) atoms. The van der Waals surface area contributed by atoms with E-state index in [1.165, 1.54) is 4.88 Å². The lowest BCUT2D eigenvalue weighted by molar-refractivity contribution is -0.142. The molecule has 4 saturated heterocycles. The number of carboxylic acids is 4. The summed E-state index contributed by atoms with van der Waals surface area (Å²) in [7, 11) is 1.55. The van der Waals surface area contributed by atoms with Crippen molar-refractivity contribution in [3.8, 4) is 5.88 Å². The van der Waals surface area contributed by atoms with E-state index in [2.05, 4.69) is 31.2 Å². The minimum atomic E-state index is -0.759.